The number of hydrogen-bond donors (Lipinski definition) is 1. The summed E-state index contributed by atoms with van der Waals surface area (Å²) in [5.41, 5.74) is 1.80. The van der Waals surface area contributed by atoms with Crippen LogP contribution in [0.1, 0.15) is 15.9 Å². The highest BCUT2D eigenvalue weighted by atomic mass is 79.9. The maximum absolute atomic E-state index is 12.1. The predicted molar refractivity (Wildman–Crippen MR) is 69.8 cm³/mol. The van der Waals surface area contributed by atoms with Crippen LogP contribution in [0.3, 0.4) is 0 Å². The molecule has 0 aromatic heterocycles. The van der Waals surface area contributed by atoms with Crippen molar-refractivity contribution >= 4 is 21.8 Å². The molecule has 0 aliphatic carbocycles. The number of nitrogens with zero attached hydrogens (tertiary/aromatic N) is 1. The van der Waals surface area contributed by atoms with Crippen molar-refractivity contribution in [3.05, 3.63) is 33.8 Å². The summed E-state index contributed by atoms with van der Waals surface area (Å²) in [7, 11) is 3.69. The van der Waals surface area contributed by atoms with Crippen LogP contribution >= 0.6 is 15.9 Å². The molecule has 0 aliphatic rings. The third-order valence-electron chi connectivity index (χ3n) is 2.47. The van der Waals surface area contributed by atoms with Crippen LogP contribution in [0.15, 0.2) is 22.7 Å². The highest BCUT2D eigenvalue weighted by molar-refractivity contribution is 9.10. The first kappa shape index (κ1) is 13.2. The van der Waals surface area contributed by atoms with Gasteiger partial charge in [0, 0.05) is 24.6 Å². The molecule has 0 spiro atoms. The zero-order valence-corrected chi connectivity index (χ0v) is 11.5. The summed E-state index contributed by atoms with van der Waals surface area (Å²) in [5.74, 6) is 0.0471. The Balaban J connectivity index is 2.84. The van der Waals surface area contributed by atoms with Crippen molar-refractivity contribution in [2.24, 2.45) is 0 Å². The minimum Gasteiger partial charge on any atom is -0.340 e. The summed E-state index contributed by atoms with van der Waals surface area (Å²) in [6.45, 7) is 3.48. The van der Waals surface area contributed by atoms with E-state index in [0.29, 0.717) is 6.54 Å². The third-order valence-corrected chi connectivity index (χ3v) is 3.52. The highest BCUT2D eigenvalue weighted by Gasteiger charge is 2.14. The van der Waals surface area contributed by atoms with Crippen molar-refractivity contribution in [2.45, 2.75) is 6.92 Å². The molecule has 0 saturated carbocycles. The minimum atomic E-state index is 0.0471. The Kier molecular flexibility index (Phi) is 4.96. The van der Waals surface area contributed by atoms with Gasteiger partial charge in [-0.15, -0.1) is 0 Å². The van der Waals surface area contributed by atoms with Crippen LogP contribution in [0, 0.1) is 6.92 Å². The van der Waals surface area contributed by atoms with Gasteiger partial charge in [0.05, 0.1) is 5.56 Å². The highest BCUT2D eigenvalue weighted by Crippen LogP contribution is 2.21. The molecule has 0 heterocycles. The standard InChI is InChI=1S/C12H17BrN2O/c1-9-5-4-6-10(11(9)13)12(16)15(3)8-7-14-2/h4-6,14H,7-8H2,1-3H3. The lowest BCUT2D eigenvalue weighted by atomic mass is 10.1. The van der Waals surface area contributed by atoms with Gasteiger partial charge >= 0.3 is 0 Å². The van der Waals surface area contributed by atoms with Crippen LogP contribution in [-0.4, -0.2) is 38.0 Å². The fourth-order valence-electron chi connectivity index (χ4n) is 1.40. The van der Waals surface area contributed by atoms with E-state index in [1.807, 2.05) is 39.2 Å². The van der Waals surface area contributed by atoms with Crippen molar-refractivity contribution in [3.63, 3.8) is 0 Å². The molecule has 0 atom stereocenters. The normalized spacial score (nSPS) is 10.2. The van der Waals surface area contributed by atoms with Gasteiger partial charge < -0.3 is 10.2 Å². The number of likely N-dealkylation sites (N-methyl/N-ethyl adjacent to an activating group) is 2. The number of amides is 1. The van der Waals surface area contributed by atoms with Crippen LogP contribution < -0.4 is 5.32 Å². The van der Waals surface area contributed by atoms with Crippen LogP contribution in [0.5, 0.6) is 0 Å². The number of nitrogens with one attached hydrogen (secondary N) is 1. The Labute approximate surface area is 105 Å². The second-order valence-electron chi connectivity index (χ2n) is 3.77. The summed E-state index contributed by atoms with van der Waals surface area (Å²) in [5, 5.41) is 3.03. The number of benzene rings is 1. The monoisotopic (exact) mass is 284 g/mol. The van der Waals surface area contributed by atoms with E-state index < -0.39 is 0 Å². The Bertz CT molecular complexity index is 379. The molecule has 0 bridgehead atoms. The van der Waals surface area contributed by atoms with Gasteiger partial charge in [-0.2, -0.15) is 0 Å². The first-order chi connectivity index (χ1) is 7.57. The summed E-state index contributed by atoms with van der Waals surface area (Å²) < 4.78 is 0.885. The van der Waals surface area contributed by atoms with Crippen molar-refractivity contribution in [3.8, 4) is 0 Å². The molecule has 3 nitrogen and oxygen atoms in total. The van der Waals surface area contributed by atoms with E-state index in [9.17, 15) is 4.79 Å². The lowest BCUT2D eigenvalue weighted by Gasteiger charge is -2.18. The maximum atomic E-state index is 12.1. The van der Waals surface area contributed by atoms with Gasteiger partial charge in [0.2, 0.25) is 0 Å². The summed E-state index contributed by atoms with van der Waals surface area (Å²) in [6.07, 6.45) is 0. The van der Waals surface area contributed by atoms with E-state index in [2.05, 4.69) is 21.2 Å². The third kappa shape index (κ3) is 3.06. The lowest BCUT2D eigenvalue weighted by molar-refractivity contribution is 0.0796. The summed E-state index contributed by atoms with van der Waals surface area (Å²) >= 11 is 3.45. The van der Waals surface area contributed by atoms with E-state index >= 15 is 0 Å². The van der Waals surface area contributed by atoms with Crippen LogP contribution in [0.25, 0.3) is 0 Å². The largest absolute Gasteiger partial charge is 0.340 e. The molecule has 0 saturated heterocycles. The zero-order valence-electron chi connectivity index (χ0n) is 9.88. The fraction of sp³-hybridized carbons (Fsp3) is 0.417. The molecular weight excluding hydrogens is 268 g/mol. The van der Waals surface area contributed by atoms with Gasteiger partial charge in [-0.1, -0.05) is 12.1 Å². The Morgan fingerprint density at radius 2 is 2.19 bits per heavy atom. The number of carbonyl (C=O) groups is 1. The van der Waals surface area contributed by atoms with E-state index in [-0.39, 0.29) is 5.91 Å². The second-order valence-corrected chi connectivity index (χ2v) is 4.56. The van der Waals surface area contributed by atoms with Gasteiger partial charge in [-0.05, 0) is 41.5 Å². The lowest BCUT2D eigenvalue weighted by Crippen LogP contribution is -2.33. The first-order valence-corrected chi connectivity index (χ1v) is 6.02. The molecule has 0 aliphatic heterocycles. The molecule has 1 rings (SSSR count). The predicted octanol–water partition coefficient (Wildman–Crippen LogP) is 2.05. The van der Waals surface area contributed by atoms with Crippen molar-refractivity contribution < 1.29 is 4.79 Å². The number of rotatable bonds is 4. The molecule has 1 N–H and O–H groups in total. The minimum absolute atomic E-state index is 0.0471. The molecule has 88 valence electrons. The average molecular weight is 285 g/mol. The molecular formula is C12H17BrN2O. The van der Waals surface area contributed by atoms with Gasteiger partial charge in [0.1, 0.15) is 0 Å². The first-order valence-electron chi connectivity index (χ1n) is 5.23. The number of aryl methyl sites for hydroxylation is 1. The number of hydrogen-bond acceptors (Lipinski definition) is 2. The van der Waals surface area contributed by atoms with E-state index in [0.717, 1.165) is 22.1 Å². The molecule has 0 radical (unpaired) electrons. The van der Waals surface area contributed by atoms with Gasteiger partial charge in [0.15, 0.2) is 0 Å². The number of carbonyl (C=O) groups excluding carboxylic acids is 1. The summed E-state index contributed by atoms with van der Waals surface area (Å²) in [6, 6.07) is 5.73. The van der Waals surface area contributed by atoms with Gasteiger partial charge in [-0.25, -0.2) is 0 Å². The van der Waals surface area contributed by atoms with E-state index in [1.54, 1.807) is 4.90 Å². The Hall–Kier alpha value is -0.870. The second kappa shape index (κ2) is 6.01. The number of halogens is 1. The van der Waals surface area contributed by atoms with Crippen LogP contribution in [0.4, 0.5) is 0 Å². The molecule has 0 fully saturated rings. The van der Waals surface area contributed by atoms with Gasteiger partial charge in [-0.3, -0.25) is 4.79 Å². The molecule has 1 aromatic carbocycles. The fourth-order valence-corrected chi connectivity index (χ4v) is 1.83. The van der Waals surface area contributed by atoms with Crippen molar-refractivity contribution in [2.75, 3.05) is 27.2 Å². The average Bonchev–Trinajstić information content (AvgIpc) is 2.28. The SMILES string of the molecule is CNCCN(C)C(=O)c1cccc(C)c1Br. The Morgan fingerprint density at radius 1 is 1.50 bits per heavy atom. The quantitative estimate of drug-likeness (QED) is 0.918. The van der Waals surface area contributed by atoms with Crippen molar-refractivity contribution in [1.29, 1.82) is 0 Å². The molecule has 1 amide bonds. The molecule has 16 heavy (non-hydrogen) atoms. The Morgan fingerprint density at radius 3 is 2.81 bits per heavy atom. The smallest absolute Gasteiger partial charge is 0.254 e. The van der Waals surface area contributed by atoms with Crippen LogP contribution in [-0.2, 0) is 0 Å². The molecule has 1 aromatic rings. The van der Waals surface area contributed by atoms with Crippen molar-refractivity contribution in [1.82, 2.24) is 10.2 Å². The molecule has 4 heteroatoms. The molecule has 0 unspecified atom stereocenters. The van der Waals surface area contributed by atoms with Gasteiger partial charge in [0.25, 0.3) is 5.91 Å². The maximum Gasteiger partial charge on any atom is 0.254 e. The van der Waals surface area contributed by atoms with Crippen LogP contribution in [0.2, 0.25) is 0 Å². The van der Waals surface area contributed by atoms with E-state index in [4.69, 9.17) is 0 Å². The zero-order chi connectivity index (χ0) is 12.1. The topological polar surface area (TPSA) is 32.3 Å². The van der Waals surface area contributed by atoms with E-state index in [1.165, 1.54) is 0 Å². The summed E-state index contributed by atoms with van der Waals surface area (Å²) in [4.78, 5) is 13.8.